The molecule has 3 aromatic carbocycles. The van der Waals surface area contributed by atoms with Gasteiger partial charge in [-0.3, -0.25) is 13.9 Å². The highest BCUT2D eigenvalue weighted by molar-refractivity contribution is 7.92. The molecule has 41 heavy (non-hydrogen) atoms. The zero-order valence-electron chi connectivity index (χ0n) is 22.9. The molecule has 0 saturated carbocycles. The molecule has 3 rings (SSSR count). The first-order valence-corrected chi connectivity index (χ1v) is 15.6. The Morgan fingerprint density at radius 1 is 0.951 bits per heavy atom. The van der Waals surface area contributed by atoms with Gasteiger partial charge in [-0.2, -0.15) is 0 Å². The molecule has 0 unspecified atom stereocenters. The molecule has 0 heterocycles. The lowest BCUT2D eigenvalue weighted by molar-refractivity contribution is -0.139. The van der Waals surface area contributed by atoms with Gasteiger partial charge < -0.3 is 15.0 Å². The second-order valence-electron chi connectivity index (χ2n) is 9.09. The third kappa shape index (κ3) is 8.29. The number of benzene rings is 3. The molecular weight excluding hydrogens is 609 g/mol. The fraction of sp³-hybridized carbons (Fsp3) is 0.310. The van der Waals surface area contributed by atoms with E-state index in [9.17, 15) is 18.0 Å². The SMILES string of the molecule is CCCNC(=O)[C@H](C)N(Cc1ccc(Cl)cc1Cl)C(=O)CN(c1ccccc1OCC)S(=O)(=O)c1ccc(Cl)cc1. The fourth-order valence-corrected chi connectivity index (χ4v) is 6.02. The molecule has 1 atom stereocenters. The van der Waals surface area contributed by atoms with Crippen molar-refractivity contribution in [2.45, 2.75) is 44.7 Å². The van der Waals surface area contributed by atoms with Crippen molar-refractivity contribution in [2.24, 2.45) is 0 Å². The molecule has 8 nitrogen and oxygen atoms in total. The molecule has 0 radical (unpaired) electrons. The minimum absolute atomic E-state index is 0.0580. The monoisotopic (exact) mass is 639 g/mol. The second kappa shape index (κ2) is 14.8. The minimum atomic E-state index is -4.28. The number of nitrogens with zero attached hydrogens (tertiary/aromatic N) is 2. The maximum atomic E-state index is 14.0. The Balaban J connectivity index is 2.09. The van der Waals surface area contributed by atoms with Crippen molar-refractivity contribution in [1.82, 2.24) is 10.2 Å². The summed E-state index contributed by atoms with van der Waals surface area (Å²) >= 11 is 18.5. The third-order valence-corrected chi connectivity index (χ3v) is 8.80. The van der Waals surface area contributed by atoms with Gasteiger partial charge in [-0.05, 0) is 74.4 Å². The van der Waals surface area contributed by atoms with Crippen molar-refractivity contribution in [3.05, 3.63) is 87.4 Å². The number of hydrogen-bond donors (Lipinski definition) is 1. The van der Waals surface area contributed by atoms with Gasteiger partial charge in [-0.15, -0.1) is 0 Å². The van der Waals surface area contributed by atoms with Gasteiger partial charge in [0.25, 0.3) is 10.0 Å². The highest BCUT2D eigenvalue weighted by Crippen LogP contribution is 2.33. The lowest BCUT2D eigenvalue weighted by Gasteiger charge is -2.32. The average Bonchev–Trinajstić information content (AvgIpc) is 2.94. The van der Waals surface area contributed by atoms with Crippen LogP contribution in [0.15, 0.2) is 71.6 Å². The molecule has 1 N–H and O–H groups in total. The van der Waals surface area contributed by atoms with Gasteiger partial charge in [0, 0.05) is 28.2 Å². The zero-order chi connectivity index (χ0) is 30.2. The van der Waals surface area contributed by atoms with Crippen LogP contribution in [-0.2, 0) is 26.2 Å². The number of nitrogens with one attached hydrogen (secondary N) is 1. The van der Waals surface area contributed by atoms with E-state index < -0.39 is 28.5 Å². The van der Waals surface area contributed by atoms with E-state index in [1.54, 1.807) is 56.3 Å². The Morgan fingerprint density at radius 2 is 1.61 bits per heavy atom. The minimum Gasteiger partial charge on any atom is -0.492 e. The summed E-state index contributed by atoms with van der Waals surface area (Å²) in [6, 6.07) is 16.1. The number of halogens is 3. The lowest BCUT2D eigenvalue weighted by Crippen LogP contribution is -2.51. The number of sulfonamides is 1. The first-order valence-electron chi connectivity index (χ1n) is 13.0. The van der Waals surface area contributed by atoms with Gasteiger partial charge in [0.1, 0.15) is 18.3 Å². The molecule has 0 bridgehead atoms. The van der Waals surface area contributed by atoms with Crippen LogP contribution < -0.4 is 14.4 Å². The van der Waals surface area contributed by atoms with E-state index in [4.69, 9.17) is 39.5 Å². The Kier molecular flexibility index (Phi) is 11.7. The lowest BCUT2D eigenvalue weighted by atomic mass is 10.1. The summed E-state index contributed by atoms with van der Waals surface area (Å²) in [7, 11) is -4.28. The molecule has 0 saturated heterocycles. The first-order chi connectivity index (χ1) is 19.5. The van der Waals surface area contributed by atoms with Crippen LogP contribution in [0.25, 0.3) is 0 Å². The maximum absolute atomic E-state index is 14.0. The number of carbonyl (C=O) groups excluding carboxylic acids is 2. The van der Waals surface area contributed by atoms with E-state index in [1.807, 2.05) is 6.92 Å². The highest BCUT2D eigenvalue weighted by Gasteiger charge is 2.34. The summed E-state index contributed by atoms with van der Waals surface area (Å²) < 4.78 is 34.7. The number of ether oxygens (including phenoxy) is 1. The second-order valence-corrected chi connectivity index (χ2v) is 12.2. The Bertz CT molecular complexity index is 1470. The van der Waals surface area contributed by atoms with Crippen LogP contribution in [0.1, 0.15) is 32.8 Å². The first kappa shape index (κ1) is 32.5. The van der Waals surface area contributed by atoms with E-state index >= 15 is 0 Å². The van der Waals surface area contributed by atoms with Crippen LogP contribution in [0, 0.1) is 0 Å². The van der Waals surface area contributed by atoms with Crippen LogP contribution in [0.5, 0.6) is 5.75 Å². The number of para-hydroxylation sites is 2. The number of carbonyl (C=O) groups is 2. The quantitative estimate of drug-likeness (QED) is 0.241. The molecule has 0 fully saturated rings. The molecule has 3 aromatic rings. The highest BCUT2D eigenvalue weighted by atomic mass is 35.5. The van der Waals surface area contributed by atoms with E-state index in [0.29, 0.717) is 33.6 Å². The van der Waals surface area contributed by atoms with Gasteiger partial charge in [0.2, 0.25) is 11.8 Å². The Hall–Kier alpha value is -2.98. The third-order valence-electron chi connectivity index (χ3n) is 6.19. The Labute approximate surface area is 256 Å². The van der Waals surface area contributed by atoms with E-state index in [-0.39, 0.29) is 35.4 Å². The maximum Gasteiger partial charge on any atom is 0.264 e. The van der Waals surface area contributed by atoms with Crippen LogP contribution in [0.3, 0.4) is 0 Å². The fourth-order valence-electron chi connectivity index (χ4n) is 4.00. The van der Waals surface area contributed by atoms with Crippen LogP contribution >= 0.6 is 34.8 Å². The number of hydrogen-bond acceptors (Lipinski definition) is 5. The van der Waals surface area contributed by atoms with Crippen molar-refractivity contribution in [3.8, 4) is 5.75 Å². The molecule has 0 aliphatic rings. The topological polar surface area (TPSA) is 96.0 Å². The summed E-state index contributed by atoms with van der Waals surface area (Å²) in [5.74, 6) is -0.729. The largest absolute Gasteiger partial charge is 0.492 e. The van der Waals surface area contributed by atoms with Crippen LogP contribution in [0.4, 0.5) is 5.69 Å². The van der Waals surface area contributed by atoms with Crippen LogP contribution in [-0.4, -0.2) is 50.9 Å². The number of amides is 2. The summed E-state index contributed by atoms with van der Waals surface area (Å²) in [5, 5.41) is 3.88. The standard InChI is InChI=1S/C29H32Cl3N3O5S/c1-4-16-33-29(37)20(3)34(18-21-10-11-23(31)17-25(21)32)28(36)19-35(26-8-6-7-9-27(26)40-5-2)41(38,39)24-14-12-22(30)13-15-24/h6-15,17,20H,4-5,16,18-19H2,1-3H3,(H,33,37)/t20-/m0/s1. The Morgan fingerprint density at radius 3 is 2.24 bits per heavy atom. The molecular formula is C29H32Cl3N3O5S. The van der Waals surface area contributed by atoms with Crippen molar-refractivity contribution >= 4 is 62.3 Å². The predicted octanol–water partition coefficient (Wildman–Crippen LogP) is 6.18. The zero-order valence-corrected chi connectivity index (χ0v) is 26.0. The van der Waals surface area contributed by atoms with Crippen LogP contribution in [0.2, 0.25) is 15.1 Å². The summed E-state index contributed by atoms with van der Waals surface area (Å²) in [6.45, 7) is 5.29. The summed E-state index contributed by atoms with van der Waals surface area (Å²) in [6.07, 6.45) is 0.705. The van der Waals surface area contributed by atoms with Gasteiger partial charge in [0.05, 0.1) is 17.2 Å². The molecule has 2 amide bonds. The van der Waals surface area contributed by atoms with E-state index in [2.05, 4.69) is 5.32 Å². The van der Waals surface area contributed by atoms with E-state index in [1.165, 1.54) is 29.2 Å². The molecule has 0 aromatic heterocycles. The molecule has 0 aliphatic heterocycles. The smallest absolute Gasteiger partial charge is 0.264 e. The summed E-state index contributed by atoms with van der Waals surface area (Å²) in [4.78, 5) is 28.3. The van der Waals surface area contributed by atoms with Crippen molar-refractivity contribution in [3.63, 3.8) is 0 Å². The normalized spacial score (nSPS) is 12.0. The van der Waals surface area contributed by atoms with Gasteiger partial charge in [-0.25, -0.2) is 8.42 Å². The van der Waals surface area contributed by atoms with Gasteiger partial charge >= 0.3 is 0 Å². The molecule has 0 spiro atoms. The van der Waals surface area contributed by atoms with Crippen molar-refractivity contribution in [1.29, 1.82) is 0 Å². The van der Waals surface area contributed by atoms with Gasteiger partial charge in [-0.1, -0.05) is 59.9 Å². The predicted molar refractivity (Wildman–Crippen MR) is 163 cm³/mol. The van der Waals surface area contributed by atoms with E-state index in [0.717, 1.165) is 4.31 Å². The summed E-state index contributed by atoms with van der Waals surface area (Å²) in [5.41, 5.74) is 0.714. The van der Waals surface area contributed by atoms with Gasteiger partial charge in [0.15, 0.2) is 0 Å². The number of anilines is 1. The van der Waals surface area contributed by atoms with Crippen molar-refractivity contribution in [2.75, 3.05) is 24.0 Å². The van der Waals surface area contributed by atoms with Crippen molar-refractivity contribution < 1.29 is 22.7 Å². The molecule has 12 heteroatoms. The number of rotatable bonds is 13. The molecule has 0 aliphatic carbocycles. The molecule has 220 valence electrons. The average molecular weight is 641 g/mol.